The Bertz CT molecular complexity index is 1030. The number of allylic oxidation sites excluding steroid dienone is 1. The van der Waals surface area contributed by atoms with Crippen LogP contribution in [0.25, 0.3) is 5.57 Å². The highest BCUT2D eigenvalue weighted by Crippen LogP contribution is 2.41. The predicted octanol–water partition coefficient (Wildman–Crippen LogP) is 4.00. The van der Waals surface area contributed by atoms with Crippen LogP contribution >= 0.6 is 0 Å². The van der Waals surface area contributed by atoms with E-state index in [0.29, 0.717) is 5.57 Å². The first kappa shape index (κ1) is 23.2. The summed E-state index contributed by atoms with van der Waals surface area (Å²) in [5, 5.41) is 7.79. The smallest absolute Gasteiger partial charge is 0.464 e. The minimum absolute atomic E-state index is 0.0449. The van der Waals surface area contributed by atoms with Crippen LogP contribution in [0.2, 0.25) is 0 Å². The molecular weight excluding hydrogens is 400 g/mol. The molecule has 0 bridgehead atoms. The van der Waals surface area contributed by atoms with Crippen LogP contribution in [-0.2, 0) is 20.6 Å². The second kappa shape index (κ2) is 8.20. The topological polar surface area (TPSA) is 75.5 Å². The van der Waals surface area contributed by atoms with Gasteiger partial charge in [0, 0.05) is 5.57 Å². The molecule has 1 aliphatic heterocycles. The lowest BCUT2D eigenvalue weighted by molar-refractivity contribution is 0.00578. The standard InChI is InChI=1S/C22H29BFN3O4/c1-13-9-15(3)16(10-14(13)2)17(11-27-12-18(25-26-27)20(28)29-8)19(24)23-30-21(4,5)22(6,7)31-23/h9-10,12H,11H2,1-8H3. The van der Waals surface area contributed by atoms with Gasteiger partial charge in [0.25, 0.3) is 0 Å². The molecule has 0 N–H and O–H groups in total. The second-order valence-electron chi connectivity index (χ2n) is 8.96. The van der Waals surface area contributed by atoms with Crippen molar-refractivity contribution in [1.29, 1.82) is 0 Å². The lowest BCUT2D eigenvalue weighted by Crippen LogP contribution is -2.41. The number of benzene rings is 1. The maximum atomic E-state index is 16.0. The van der Waals surface area contributed by atoms with Crippen LogP contribution in [0.5, 0.6) is 0 Å². The zero-order valence-electron chi connectivity index (χ0n) is 19.4. The lowest BCUT2D eigenvalue weighted by atomic mass is 9.81. The molecule has 1 aromatic heterocycles. The zero-order chi connectivity index (χ0) is 23.1. The number of aryl methyl sites for hydroxylation is 3. The summed E-state index contributed by atoms with van der Waals surface area (Å²) >= 11 is 0. The van der Waals surface area contributed by atoms with E-state index in [0.717, 1.165) is 22.3 Å². The highest BCUT2D eigenvalue weighted by atomic mass is 19.1. The van der Waals surface area contributed by atoms with Crippen molar-refractivity contribution in [3.05, 3.63) is 52.0 Å². The number of aromatic nitrogens is 3. The van der Waals surface area contributed by atoms with E-state index in [9.17, 15) is 4.79 Å². The van der Waals surface area contributed by atoms with Gasteiger partial charge in [-0.05, 0) is 70.7 Å². The summed E-state index contributed by atoms with van der Waals surface area (Å²) in [5.74, 6) is -0.606. The molecule has 0 aliphatic carbocycles. The van der Waals surface area contributed by atoms with Crippen LogP contribution in [-0.4, -0.2) is 46.4 Å². The van der Waals surface area contributed by atoms with Gasteiger partial charge in [0.15, 0.2) is 5.69 Å². The fraction of sp³-hybridized carbons (Fsp3) is 0.500. The molecule has 0 saturated carbocycles. The minimum atomic E-state index is -1.15. The third-order valence-corrected chi connectivity index (χ3v) is 6.17. The van der Waals surface area contributed by atoms with Gasteiger partial charge >= 0.3 is 13.1 Å². The average Bonchev–Trinajstić information content (AvgIpc) is 3.23. The van der Waals surface area contributed by atoms with Crippen molar-refractivity contribution in [1.82, 2.24) is 15.0 Å². The van der Waals surface area contributed by atoms with Gasteiger partial charge in [-0.25, -0.2) is 13.9 Å². The first-order chi connectivity index (χ1) is 14.4. The van der Waals surface area contributed by atoms with Crippen LogP contribution in [0.1, 0.15) is 60.4 Å². The fourth-order valence-electron chi connectivity index (χ4n) is 3.40. The quantitative estimate of drug-likeness (QED) is 0.528. The molecule has 2 heterocycles. The molecule has 166 valence electrons. The van der Waals surface area contributed by atoms with E-state index in [1.807, 2.05) is 60.6 Å². The van der Waals surface area contributed by atoms with Crippen LogP contribution in [0.3, 0.4) is 0 Å². The van der Waals surface area contributed by atoms with Gasteiger partial charge in [-0.2, -0.15) is 0 Å². The highest BCUT2D eigenvalue weighted by molar-refractivity contribution is 6.55. The van der Waals surface area contributed by atoms with Crippen molar-refractivity contribution in [2.45, 2.75) is 66.2 Å². The number of nitrogens with zero attached hydrogens (tertiary/aromatic N) is 3. The van der Waals surface area contributed by atoms with Crippen LogP contribution in [0, 0.1) is 20.8 Å². The molecule has 2 aromatic rings. The average molecular weight is 429 g/mol. The maximum Gasteiger partial charge on any atom is 0.525 e. The maximum absolute atomic E-state index is 16.0. The Hall–Kier alpha value is -2.52. The number of halogens is 1. The predicted molar refractivity (Wildman–Crippen MR) is 116 cm³/mol. The Morgan fingerprint density at radius 2 is 1.68 bits per heavy atom. The van der Waals surface area contributed by atoms with Crippen LogP contribution in [0.4, 0.5) is 4.39 Å². The molecule has 0 spiro atoms. The Kier molecular flexibility index (Phi) is 6.13. The van der Waals surface area contributed by atoms with E-state index in [1.165, 1.54) is 18.0 Å². The van der Waals surface area contributed by atoms with Crippen molar-refractivity contribution < 1.29 is 23.2 Å². The van der Waals surface area contributed by atoms with Crippen molar-refractivity contribution in [2.24, 2.45) is 0 Å². The molecule has 1 aliphatic rings. The van der Waals surface area contributed by atoms with Crippen molar-refractivity contribution in [3.8, 4) is 0 Å². The molecule has 0 atom stereocenters. The summed E-state index contributed by atoms with van der Waals surface area (Å²) in [4.78, 5) is 11.7. The summed E-state index contributed by atoms with van der Waals surface area (Å²) in [5.41, 5.74) is 2.32. The van der Waals surface area contributed by atoms with E-state index in [-0.39, 0.29) is 12.2 Å². The van der Waals surface area contributed by atoms with E-state index >= 15 is 4.39 Å². The number of hydrogen-bond acceptors (Lipinski definition) is 6. The third-order valence-electron chi connectivity index (χ3n) is 6.17. The minimum Gasteiger partial charge on any atom is -0.464 e. The molecule has 9 heteroatoms. The van der Waals surface area contributed by atoms with E-state index in [1.54, 1.807) is 0 Å². The molecule has 1 aromatic carbocycles. The highest BCUT2D eigenvalue weighted by Gasteiger charge is 2.53. The molecule has 1 fully saturated rings. The Morgan fingerprint density at radius 1 is 1.10 bits per heavy atom. The van der Waals surface area contributed by atoms with Crippen molar-refractivity contribution in [2.75, 3.05) is 7.11 Å². The van der Waals surface area contributed by atoms with Crippen LogP contribution in [0.15, 0.2) is 24.1 Å². The molecule has 0 unspecified atom stereocenters. The summed E-state index contributed by atoms with van der Waals surface area (Å²) in [6.45, 7) is 13.5. The van der Waals surface area contributed by atoms with Crippen molar-refractivity contribution >= 4 is 18.7 Å². The Labute approximate surface area is 182 Å². The summed E-state index contributed by atoms with van der Waals surface area (Å²) in [7, 11) is 0.118. The SMILES string of the molecule is COC(=O)c1cn(CC(=C(F)B2OC(C)(C)C(C)(C)O2)c2cc(C)c(C)cc2C)nn1. The number of carbonyl (C=O) groups excluding carboxylic acids is 1. The Balaban J connectivity index is 2.09. The van der Waals surface area contributed by atoms with Gasteiger partial charge < -0.3 is 14.0 Å². The zero-order valence-corrected chi connectivity index (χ0v) is 19.4. The van der Waals surface area contributed by atoms with Gasteiger partial charge in [-0.15, -0.1) is 5.10 Å². The molecule has 7 nitrogen and oxygen atoms in total. The normalized spacial score (nSPS) is 18.2. The summed E-state index contributed by atoms with van der Waals surface area (Å²) < 4.78 is 33.9. The molecule has 3 rings (SSSR count). The van der Waals surface area contributed by atoms with Crippen molar-refractivity contribution in [3.63, 3.8) is 0 Å². The van der Waals surface area contributed by atoms with Gasteiger partial charge in [-0.3, -0.25) is 0 Å². The number of ether oxygens (including phenoxy) is 1. The Morgan fingerprint density at radius 3 is 2.26 bits per heavy atom. The number of carbonyl (C=O) groups is 1. The fourth-order valence-corrected chi connectivity index (χ4v) is 3.40. The number of esters is 1. The number of hydrogen-bond donors (Lipinski definition) is 0. The van der Waals surface area contributed by atoms with E-state index < -0.39 is 30.0 Å². The summed E-state index contributed by atoms with van der Waals surface area (Å²) in [6.07, 6.45) is 1.43. The third kappa shape index (κ3) is 4.43. The first-order valence-electron chi connectivity index (χ1n) is 10.2. The van der Waals surface area contributed by atoms with Gasteiger partial charge in [0.05, 0.1) is 31.1 Å². The second-order valence-corrected chi connectivity index (χ2v) is 8.96. The molecule has 1 saturated heterocycles. The molecule has 31 heavy (non-hydrogen) atoms. The number of rotatable bonds is 5. The molecule has 0 radical (unpaired) electrons. The molecular formula is C22H29BFN3O4. The number of methoxy groups -OCH3 is 1. The van der Waals surface area contributed by atoms with Gasteiger partial charge in [0.1, 0.15) is 5.73 Å². The van der Waals surface area contributed by atoms with Gasteiger partial charge in [0.2, 0.25) is 0 Å². The van der Waals surface area contributed by atoms with Crippen LogP contribution < -0.4 is 0 Å². The largest absolute Gasteiger partial charge is 0.525 e. The lowest BCUT2D eigenvalue weighted by Gasteiger charge is -2.32. The monoisotopic (exact) mass is 429 g/mol. The summed E-state index contributed by atoms with van der Waals surface area (Å²) in [6, 6.07) is 3.96. The van der Waals surface area contributed by atoms with E-state index in [2.05, 4.69) is 15.0 Å². The first-order valence-corrected chi connectivity index (χ1v) is 10.2. The van der Waals surface area contributed by atoms with E-state index in [4.69, 9.17) is 9.31 Å². The van der Waals surface area contributed by atoms with Gasteiger partial charge in [-0.1, -0.05) is 17.3 Å². The molecule has 0 amide bonds.